The van der Waals surface area contributed by atoms with Crippen molar-refractivity contribution in [2.45, 2.75) is 130 Å². The van der Waals surface area contributed by atoms with Crippen LogP contribution in [0.3, 0.4) is 0 Å². The number of esters is 6. The summed E-state index contributed by atoms with van der Waals surface area (Å²) in [6, 6.07) is 75.9. The van der Waals surface area contributed by atoms with Crippen LogP contribution < -0.4 is 28.4 Å². The van der Waals surface area contributed by atoms with Crippen LogP contribution in [0, 0.1) is 22.7 Å². The molecule has 10 aromatic carbocycles. The van der Waals surface area contributed by atoms with Gasteiger partial charge < -0.3 is 47.0 Å². The van der Waals surface area contributed by atoms with E-state index in [0.29, 0.717) is 141 Å². The number of rotatable bonds is 40. The molecule has 0 atom stereocenters. The molecule has 21 nitrogen and oxygen atoms in total. The van der Waals surface area contributed by atoms with Crippen LogP contribution in [0.25, 0.3) is 67.4 Å². The van der Waals surface area contributed by atoms with E-state index >= 15 is 0 Å². The molecule has 120 heavy (non-hydrogen) atoms. The number of hydrogen-bond donors (Lipinski definition) is 0. The molecule has 0 saturated heterocycles. The fourth-order valence-electron chi connectivity index (χ4n) is 13.9. The lowest BCUT2D eigenvalue weighted by Gasteiger charge is -2.09. The molecule has 13 aromatic rings. The Morgan fingerprint density at radius 2 is 0.558 bits per heavy atom. The summed E-state index contributed by atoms with van der Waals surface area (Å²) < 4.78 is 49.9. The zero-order valence-electron chi connectivity index (χ0n) is 67.1. The van der Waals surface area contributed by atoms with Crippen LogP contribution in [0.1, 0.15) is 190 Å². The van der Waals surface area contributed by atoms with Crippen LogP contribution in [-0.4, -0.2) is 86.3 Å². The van der Waals surface area contributed by atoms with Crippen molar-refractivity contribution in [3.8, 4) is 91.9 Å². The second-order valence-corrected chi connectivity index (χ2v) is 28.9. The first-order valence-corrected chi connectivity index (χ1v) is 40.8. The number of carbonyl (C=O) groups is 6. The van der Waals surface area contributed by atoms with Crippen LogP contribution in [0.4, 0.5) is 0 Å². The lowest BCUT2D eigenvalue weighted by Crippen LogP contribution is -2.10. The molecule has 3 aromatic heterocycles. The van der Waals surface area contributed by atoms with Crippen molar-refractivity contribution < 1.29 is 66.7 Å². The third-order valence-corrected chi connectivity index (χ3v) is 20.5. The molecule has 13 rings (SSSR count). The summed E-state index contributed by atoms with van der Waals surface area (Å²) in [5, 5.41) is 18.1. The first-order valence-electron chi connectivity index (χ1n) is 40.8. The van der Waals surface area contributed by atoms with Gasteiger partial charge in [0.15, 0.2) is 11.6 Å². The minimum atomic E-state index is -0.597. The van der Waals surface area contributed by atoms with Crippen LogP contribution in [0.5, 0.6) is 34.5 Å². The monoisotopic (exact) mass is 1600 g/mol. The predicted octanol–water partition coefficient (Wildman–Crippen LogP) is 21.8. The number of nitrogens with zero attached hydrogens (tertiary/aromatic N) is 7. The van der Waals surface area contributed by atoms with Crippen molar-refractivity contribution in [3.05, 3.63) is 293 Å². The van der Waals surface area contributed by atoms with E-state index in [1.165, 1.54) is 0 Å². The van der Waals surface area contributed by atoms with Gasteiger partial charge in [-0.2, -0.15) is 10.5 Å². The molecule has 0 aliphatic rings. The van der Waals surface area contributed by atoms with Gasteiger partial charge >= 0.3 is 35.8 Å². The minimum Gasteiger partial charge on any atom is -0.494 e. The van der Waals surface area contributed by atoms with Crippen molar-refractivity contribution in [2.24, 2.45) is 0 Å². The molecule has 0 saturated carbocycles. The van der Waals surface area contributed by atoms with E-state index in [4.69, 9.17) is 63.4 Å². The summed E-state index contributed by atoms with van der Waals surface area (Å²) in [5.74, 6) is 1.03. The first-order chi connectivity index (χ1) is 58.8. The minimum absolute atomic E-state index is 0.263. The molecule has 0 aliphatic heterocycles. The van der Waals surface area contributed by atoms with Crippen LogP contribution in [0.2, 0.25) is 0 Å². The average Bonchev–Trinajstić information content (AvgIpc) is 1.62. The Balaban J connectivity index is 0.478. The molecule has 0 fully saturated rings. The SMILES string of the molecule is CCn1c(-c2cccc(-c3nc4cc(OC(=O)c5ccc(C(=O)OCCCCCCCCCCOc6ccc(C(=O)Oc7ccc(-c8ccc(C#N)cc8)cc7)cc6)cc5)ccc4n3CC)n2)nc2cc(OC(=O)c3ccc(C(=O)OCCCCCCCCCCOc4ccc(C(=O)Oc5ccc(-c6ccc(C#N)cc6)cc5)cc4)cc3)ccc21. The Labute approximate surface area is 696 Å². The number of imidazole rings is 2. The van der Waals surface area contributed by atoms with Gasteiger partial charge in [0.25, 0.3) is 0 Å². The van der Waals surface area contributed by atoms with Crippen LogP contribution >= 0.6 is 0 Å². The van der Waals surface area contributed by atoms with Gasteiger partial charge in [-0.25, -0.2) is 43.7 Å². The highest BCUT2D eigenvalue weighted by atomic mass is 16.6. The standard InChI is InChI=1S/C99H91N7O14/c1-3-105-90-58-56-84(119-98(111)76-36-32-74(33-37-76)94(107)115-62-19-15-11-7-5-9-13-17-60-113-80-48-44-78(45-49-80)96(109)117-82-52-40-72(41-53-82)70-28-24-68(66-100)25-29-70)64-88(90)103-92(105)86-22-21-23-87(102-86)93-104-89-65-85(57-59-91(89)106(93)4-2)120-99(112)77-38-34-75(35-39-77)95(108)116-63-20-16-12-8-6-10-14-18-61-114-81-50-46-79(47-51-81)97(110)118-83-54-42-73(43-55-83)71-30-26-69(67-101)27-31-71/h21-59,64-65H,3-20,60-63H2,1-2H3. The molecule has 3 heterocycles. The molecule has 0 N–H and O–H groups in total. The van der Waals surface area contributed by atoms with Crippen molar-refractivity contribution >= 4 is 57.9 Å². The number of nitriles is 2. The van der Waals surface area contributed by atoms with Gasteiger partial charge in [-0.1, -0.05) is 132 Å². The molecular formula is C99H91N7O14. The van der Waals surface area contributed by atoms with Crippen molar-refractivity contribution in [1.82, 2.24) is 24.1 Å². The quantitative estimate of drug-likeness (QED) is 0.0196. The summed E-state index contributed by atoms with van der Waals surface area (Å²) in [6.45, 7) is 6.93. The molecule has 0 aliphatic carbocycles. The Kier molecular flexibility index (Phi) is 29.3. The Hall–Kier alpha value is -14.3. The van der Waals surface area contributed by atoms with Gasteiger partial charge in [-0.05, 0) is 244 Å². The van der Waals surface area contributed by atoms with E-state index in [1.807, 2.05) is 102 Å². The number of pyridine rings is 1. The van der Waals surface area contributed by atoms with E-state index < -0.39 is 35.8 Å². The fourth-order valence-corrected chi connectivity index (χ4v) is 13.9. The molecule has 0 spiro atoms. The van der Waals surface area contributed by atoms with Crippen molar-refractivity contribution in [3.63, 3.8) is 0 Å². The summed E-state index contributed by atoms with van der Waals surface area (Å²) >= 11 is 0. The van der Waals surface area contributed by atoms with Crippen molar-refractivity contribution in [2.75, 3.05) is 26.4 Å². The molecule has 0 radical (unpaired) electrons. The number of aryl methyl sites for hydroxylation is 2. The smallest absolute Gasteiger partial charge is 0.343 e. The zero-order valence-corrected chi connectivity index (χ0v) is 67.1. The summed E-state index contributed by atoms with van der Waals surface area (Å²) in [7, 11) is 0. The van der Waals surface area contributed by atoms with Gasteiger partial charge in [0.05, 0.1) is 105 Å². The Bertz CT molecular complexity index is 5420. The van der Waals surface area contributed by atoms with E-state index in [1.54, 1.807) is 170 Å². The lowest BCUT2D eigenvalue weighted by molar-refractivity contribution is 0.0488. The number of hydrogen-bond acceptors (Lipinski definition) is 19. The normalized spacial score (nSPS) is 11.0. The fraction of sp³-hybridized carbons (Fsp3) is 0.242. The summed E-state index contributed by atoms with van der Waals surface area (Å²) in [4.78, 5) is 93.5. The molecule has 0 bridgehead atoms. The molecular weight excluding hydrogens is 1510 g/mol. The van der Waals surface area contributed by atoms with Crippen LogP contribution in [-0.2, 0) is 22.6 Å². The largest absolute Gasteiger partial charge is 0.494 e. The number of aromatic nitrogens is 5. The van der Waals surface area contributed by atoms with Gasteiger partial charge in [0.1, 0.15) is 45.9 Å². The highest BCUT2D eigenvalue weighted by molar-refractivity contribution is 5.97. The third kappa shape index (κ3) is 22.7. The average molecular weight is 1600 g/mol. The van der Waals surface area contributed by atoms with E-state index in [2.05, 4.69) is 12.1 Å². The maximum Gasteiger partial charge on any atom is 0.343 e. The molecule has 0 amide bonds. The zero-order chi connectivity index (χ0) is 83.4. The molecule has 606 valence electrons. The van der Waals surface area contributed by atoms with Crippen molar-refractivity contribution in [1.29, 1.82) is 10.5 Å². The number of carbonyl (C=O) groups excluding carboxylic acids is 6. The summed E-state index contributed by atoms with van der Waals surface area (Å²) in [6.07, 6.45) is 15.9. The first kappa shape index (κ1) is 83.6. The summed E-state index contributed by atoms with van der Waals surface area (Å²) in [5.41, 5.74) is 11.1. The number of fused-ring (bicyclic) bond motifs is 2. The third-order valence-electron chi connectivity index (χ3n) is 20.5. The van der Waals surface area contributed by atoms with Gasteiger partial charge in [-0.15, -0.1) is 0 Å². The Morgan fingerprint density at radius 3 is 0.875 bits per heavy atom. The molecule has 21 heteroatoms. The maximum absolute atomic E-state index is 13.5. The molecule has 0 unspecified atom stereocenters. The highest BCUT2D eigenvalue weighted by Gasteiger charge is 2.22. The second-order valence-electron chi connectivity index (χ2n) is 28.9. The van der Waals surface area contributed by atoms with Gasteiger partial charge in [0.2, 0.25) is 0 Å². The van der Waals surface area contributed by atoms with E-state index in [9.17, 15) is 28.8 Å². The van der Waals surface area contributed by atoms with Gasteiger partial charge in [-0.3, -0.25) is 0 Å². The Morgan fingerprint density at radius 1 is 0.292 bits per heavy atom. The number of unbranched alkanes of at least 4 members (excludes halogenated alkanes) is 14. The number of ether oxygens (including phenoxy) is 8. The second kappa shape index (κ2) is 42.0. The maximum atomic E-state index is 13.5. The van der Waals surface area contributed by atoms with Crippen LogP contribution in [0.15, 0.2) is 249 Å². The van der Waals surface area contributed by atoms with E-state index in [-0.39, 0.29) is 11.1 Å². The predicted molar refractivity (Wildman–Crippen MR) is 457 cm³/mol. The van der Waals surface area contributed by atoms with Gasteiger partial charge in [0, 0.05) is 25.2 Å². The number of benzene rings is 10. The lowest BCUT2D eigenvalue weighted by atomic mass is 10.0. The van der Waals surface area contributed by atoms with E-state index in [0.717, 1.165) is 136 Å². The topological polar surface area (TPSA) is 272 Å². The highest BCUT2D eigenvalue weighted by Crippen LogP contribution is 2.33.